The van der Waals surface area contributed by atoms with E-state index in [1.54, 1.807) is 0 Å². The summed E-state index contributed by atoms with van der Waals surface area (Å²) in [6.45, 7) is -4.46. The molecular weight excluding hydrogens is 344 g/mol. The minimum atomic E-state index is -3.11. The van der Waals surface area contributed by atoms with E-state index in [0.717, 1.165) is 0 Å². The monoisotopic (exact) mass is 359 g/mol. The first-order valence-corrected chi connectivity index (χ1v) is 6.82. The van der Waals surface area contributed by atoms with Gasteiger partial charge in [0.15, 0.2) is 6.61 Å². The fourth-order valence-corrected chi connectivity index (χ4v) is 1.52. The van der Waals surface area contributed by atoms with Crippen LogP contribution in [0.25, 0.3) is 0 Å². The minimum Gasteiger partial charge on any atom is -0.454 e. The first kappa shape index (κ1) is 19.8. The lowest BCUT2D eigenvalue weighted by Crippen LogP contribution is -2.40. The molecule has 3 N–H and O–H groups in total. The molecule has 0 bridgehead atoms. The summed E-state index contributed by atoms with van der Waals surface area (Å²) in [6, 6.07) is 4.45. The van der Waals surface area contributed by atoms with E-state index in [2.05, 4.69) is 20.1 Å². The molecule has 25 heavy (non-hydrogen) atoms. The van der Waals surface area contributed by atoms with Crippen molar-refractivity contribution in [2.45, 2.75) is 6.61 Å². The lowest BCUT2D eigenvalue weighted by Gasteiger charge is -2.10. The highest BCUT2D eigenvalue weighted by Crippen LogP contribution is 2.19. The Morgan fingerprint density at radius 1 is 1.16 bits per heavy atom. The summed E-state index contributed by atoms with van der Waals surface area (Å²) in [5, 5.41) is 6.13. The molecule has 9 nitrogen and oxygen atoms in total. The number of hydrogen-bond donors (Lipinski definition) is 3. The third-order valence-corrected chi connectivity index (χ3v) is 2.59. The fourth-order valence-electron chi connectivity index (χ4n) is 1.52. The molecule has 0 aliphatic heterocycles. The maximum absolute atomic E-state index is 12.3. The van der Waals surface area contributed by atoms with Crippen molar-refractivity contribution in [2.24, 2.45) is 0 Å². The van der Waals surface area contributed by atoms with Crippen LogP contribution in [0.1, 0.15) is 10.4 Å². The summed E-state index contributed by atoms with van der Waals surface area (Å²) < 4.78 is 33.3. The molecule has 1 aromatic carbocycles. The predicted molar refractivity (Wildman–Crippen MR) is 79.0 cm³/mol. The van der Waals surface area contributed by atoms with Crippen LogP contribution in [0.4, 0.5) is 13.6 Å². The number of rotatable bonds is 7. The van der Waals surface area contributed by atoms with Crippen molar-refractivity contribution < 1.29 is 37.4 Å². The minimum absolute atomic E-state index is 0.201. The Morgan fingerprint density at radius 3 is 2.48 bits per heavy atom. The Balaban J connectivity index is 2.47. The van der Waals surface area contributed by atoms with Crippen LogP contribution in [-0.2, 0) is 14.3 Å². The van der Waals surface area contributed by atoms with Crippen LogP contribution in [-0.4, -0.2) is 50.6 Å². The molecule has 0 heterocycles. The quantitative estimate of drug-likeness (QED) is 0.590. The van der Waals surface area contributed by atoms with Crippen molar-refractivity contribution in [1.82, 2.24) is 16.0 Å². The van der Waals surface area contributed by atoms with Gasteiger partial charge in [0.1, 0.15) is 12.3 Å². The number of carbonyl (C=O) groups is 4. The zero-order valence-electron chi connectivity index (χ0n) is 13.0. The molecule has 0 unspecified atom stereocenters. The first-order chi connectivity index (χ1) is 11.8. The summed E-state index contributed by atoms with van der Waals surface area (Å²) in [5.41, 5.74) is -0.201. The number of ether oxygens (including phenoxy) is 2. The molecule has 11 heteroatoms. The highest BCUT2D eigenvalue weighted by molar-refractivity contribution is 5.98. The SMILES string of the molecule is CNC(=O)NC(=O)COC(=O)CNC(=O)c1ccccc1OC(F)F. The van der Waals surface area contributed by atoms with Crippen molar-refractivity contribution in [2.75, 3.05) is 20.2 Å². The van der Waals surface area contributed by atoms with Gasteiger partial charge in [-0.25, -0.2) is 4.79 Å². The number of esters is 1. The Kier molecular flexibility index (Phi) is 7.76. The second kappa shape index (κ2) is 9.80. The van der Waals surface area contributed by atoms with Crippen LogP contribution < -0.4 is 20.7 Å². The van der Waals surface area contributed by atoms with Crippen LogP contribution in [0.15, 0.2) is 24.3 Å². The molecule has 0 atom stereocenters. The smallest absolute Gasteiger partial charge is 0.387 e. The normalized spacial score (nSPS) is 9.92. The third-order valence-electron chi connectivity index (χ3n) is 2.59. The van der Waals surface area contributed by atoms with Gasteiger partial charge in [-0.15, -0.1) is 0 Å². The molecule has 0 spiro atoms. The van der Waals surface area contributed by atoms with Gasteiger partial charge in [-0.05, 0) is 12.1 Å². The van der Waals surface area contributed by atoms with E-state index in [4.69, 9.17) is 0 Å². The number of alkyl halides is 2. The van der Waals surface area contributed by atoms with Crippen molar-refractivity contribution in [3.63, 3.8) is 0 Å². The topological polar surface area (TPSA) is 123 Å². The zero-order valence-corrected chi connectivity index (χ0v) is 13.0. The molecule has 0 aromatic heterocycles. The van der Waals surface area contributed by atoms with Crippen LogP contribution >= 0.6 is 0 Å². The van der Waals surface area contributed by atoms with Gasteiger partial charge in [-0.1, -0.05) is 12.1 Å². The van der Waals surface area contributed by atoms with Crippen molar-refractivity contribution in [1.29, 1.82) is 0 Å². The van der Waals surface area contributed by atoms with Gasteiger partial charge in [0.2, 0.25) is 0 Å². The molecule has 4 amide bonds. The second-order valence-corrected chi connectivity index (χ2v) is 4.35. The molecule has 0 aliphatic rings. The van der Waals surface area contributed by atoms with Crippen molar-refractivity contribution in [3.05, 3.63) is 29.8 Å². The average molecular weight is 359 g/mol. The van der Waals surface area contributed by atoms with Gasteiger partial charge in [0.05, 0.1) is 5.56 Å². The summed E-state index contributed by atoms with van der Waals surface area (Å²) >= 11 is 0. The molecular formula is C14H15F2N3O6. The Bertz CT molecular complexity index is 653. The number of hydrogen-bond acceptors (Lipinski definition) is 6. The van der Waals surface area contributed by atoms with E-state index in [-0.39, 0.29) is 11.3 Å². The van der Waals surface area contributed by atoms with Crippen LogP contribution in [0, 0.1) is 0 Å². The van der Waals surface area contributed by atoms with E-state index in [9.17, 15) is 28.0 Å². The van der Waals surface area contributed by atoms with Gasteiger partial charge >= 0.3 is 18.6 Å². The average Bonchev–Trinajstić information content (AvgIpc) is 2.57. The van der Waals surface area contributed by atoms with Gasteiger partial charge in [0, 0.05) is 7.05 Å². The molecule has 0 saturated carbocycles. The summed E-state index contributed by atoms with van der Waals surface area (Å²) in [5.74, 6) is -3.03. The van der Waals surface area contributed by atoms with Gasteiger partial charge in [0.25, 0.3) is 11.8 Å². The molecule has 0 saturated heterocycles. The van der Waals surface area contributed by atoms with E-state index in [1.165, 1.54) is 31.3 Å². The Hall–Kier alpha value is -3.24. The van der Waals surface area contributed by atoms with Crippen LogP contribution in [0.5, 0.6) is 5.75 Å². The number of urea groups is 1. The highest BCUT2D eigenvalue weighted by atomic mass is 19.3. The number of para-hydroxylation sites is 1. The fraction of sp³-hybridized carbons (Fsp3) is 0.286. The molecule has 136 valence electrons. The van der Waals surface area contributed by atoms with E-state index in [0.29, 0.717) is 0 Å². The predicted octanol–water partition coefficient (Wildman–Crippen LogP) is 0.0166. The molecule has 0 aliphatic carbocycles. The van der Waals surface area contributed by atoms with Crippen LogP contribution in [0.2, 0.25) is 0 Å². The number of benzene rings is 1. The van der Waals surface area contributed by atoms with Gasteiger partial charge in [-0.2, -0.15) is 8.78 Å². The van der Waals surface area contributed by atoms with Crippen molar-refractivity contribution in [3.8, 4) is 5.75 Å². The zero-order chi connectivity index (χ0) is 18.8. The molecule has 1 rings (SSSR count). The highest BCUT2D eigenvalue weighted by Gasteiger charge is 2.17. The standard InChI is InChI=1S/C14H15F2N3O6/c1-17-14(23)19-10(20)7-24-11(21)6-18-12(22)8-4-2-3-5-9(8)25-13(15)16/h2-5,13H,6-7H2,1H3,(H,18,22)(H2,17,19,20,23). The number of nitrogens with one attached hydrogen (secondary N) is 3. The lowest BCUT2D eigenvalue weighted by molar-refractivity contribution is -0.147. The molecule has 0 radical (unpaired) electrons. The van der Waals surface area contributed by atoms with Crippen molar-refractivity contribution >= 4 is 23.8 Å². The first-order valence-electron chi connectivity index (χ1n) is 6.82. The van der Waals surface area contributed by atoms with Crippen LogP contribution in [0.3, 0.4) is 0 Å². The maximum Gasteiger partial charge on any atom is 0.387 e. The van der Waals surface area contributed by atoms with E-state index in [1.807, 2.05) is 5.32 Å². The number of carbonyl (C=O) groups excluding carboxylic acids is 4. The number of imide groups is 1. The lowest BCUT2D eigenvalue weighted by atomic mass is 10.2. The Morgan fingerprint density at radius 2 is 1.84 bits per heavy atom. The molecule has 1 aromatic rings. The maximum atomic E-state index is 12.3. The number of amides is 4. The van der Waals surface area contributed by atoms with Gasteiger partial charge in [-0.3, -0.25) is 19.7 Å². The van der Waals surface area contributed by atoms with E-state index >= 15 is 0 Å². The summed E-state index contributed by atoms with van der Waals surface area (Å²) in [7, 11) is 1.29. The molecule has 0 fully saturated rings. The summed E-state index contributed by atoms with van der Waals surface area (Å²) in [4.78, 5) is 45.4. The Labute approximate surface area is 140 Å². The van der Waals surface area contributed by atoms with Gasteiger partial charge < -0.3 is 20.1 Å². The largest absolute Gasteiger partial charge is 0.454 e. The second-order valence-electron chi connectivity index (χ2n) is 4.35. The summed E-state index contributed by atoms with van der Waals surface area (Å²) in [6.07, 6.45) is 0. The third kappa shape index (κ3) is 7.24. The van der Waals surface area contributed by atoms with E-state index < -0.39 is 43.6 Å². The number of halogens is 2.